The van der Waals surface area contributed by atoms with Crippen LogP contribution < -0.4 is 5.32 Å². The van der Waals surface area contributed by atoms with Crippen LogP contribution in [0.4, 0.5) is 10.1 Å². The Balaban J connectivity index is 2.25. The normalized spacial score (nSPS) is 10.1. The summed E-state index contributed by atoms with van der Waals surface area (Å²) in [6.07, 6.45) is 0.858. The Hall–Kier alpha value is -1.64. The van der Waals surface area contributed by atoms with Gasteiger partial charge in [-0.3, -0.25) is 0 Å². The third-order valence-corrected chi connectivity index (χ3v) is 2.30. The maximum atomic E-state index is 12.9. The molecule has 98 valence electrons. The standard InChI is InChI=1S/C13H17FN2O2/c1-17-6-2-7-18-8-5-16-13-4-3-12(14)9-11(13)10-15/h3-4,9,16H,2,5-8H2,1H3. The van der Waals surface area contributed by atoms with Crippen molar-refractivity contribution >= 4 is 5.69 Å². The zero-order valence-corrected chi connectivity index (χ0v) is 10.4. The van der Waals surface area contributed by atoms with Crippen LogP contribution >= 0.6 is 0 Å². The number of hydrogen-bond acceptors (Lipinski definition) is 4. The Morgan fingerprint density at radius 1 is 1.33 bits per heavy atom. The van der Waals surface area contributed by atoms with E-state index in [1.54, 1.807) is 13.2 Å². The molecular weight excluding hydrogens is 235 g/mol. The lowest BCUT2D eigenvalue weighted by Crippen LogP contribution is -2.11. The number of rotatable bonds is 8. The van der Waals surface area contributed by atoms with Gasteiger partial charge in [-0.05, 0) is 24.6 Å². The molecule has 0 unspecified atom stereocenters. The van der Waals surface area contributed by atoms with E-state index in [2.05, 4.69) is 5.32 Å². The number of hydrogen-bond donors (Lipinski definition) is 1. The highest BCUT2D eigenvalue weighted by atomic mass is 19.1. The maximum absolute atomic E-state index is 12.9. The summed E-state index contributed by atoms with van der Waals surface area (Å²) in [6.45, 7) is 2.44. The van der Waals surface area contributed by atoms with Gasteiger partial charge in [-0.1, -0.05) is 0 Å². The van der Waals surface area contributed by atoms with E-state index < -0.39 is 5.82 Å². The Morgan fingerprint density at radius 2 is 2.17 bits per heavy atom. The Bertz CT molecular complexity index is 404. The topological polar surface area (TPSA) is 54.3 Å². The highest BCUT2D eigenvalue weighted by molar-refractivity contribution is 5.57. The quantitative estimate of drug-likeness (QED) is 0.720. The summed E-state index contributed by atoms with van der Waals surface area (Å²) in [5.41, 5.74) is 0.925. The zero-order chi connectivity index (χ0) is 13.2. The summed E-state index contributed by atoms with van der Waals surface area (Å²) < 4.78 is 23.1. The minimum atomic E-state index is -0.409. The van der Waals surface area contributed by atoms with Gasteiger partial charge < -0.3 is 14.8 Å². The number of halogens is 1. The molecule has 0 bridgehead atoms. The van der Waals surface area contributed by atoms with Crippen LogP contribution in [0, 0.1) is 17.1 Å². The molecule has 0 spiro atoms. The third kappa shape index (κ3) is 5.13. The monoisotopic (exact) mass is 252 g/mol. The van der Waals surface area contributed by atoms with Crippen LogP contribution in [0.5, 0.6) is 0 Å². The maximum Gasteiger partial charge on any atom is 0.124 e. The van der Waals surface area contributed by atoms with Crippen LogP contribution in [0.15, 0.2) is 18.2 Å². The summed E-state index contributed by atoms with van der Waals surface area (Å²) in [6, 6.07) is 6.03. The first kappa shape index (κ1) is 14.4. The van der Waals surface area contributed by atoms with Crippen LogP contribution in [0.3, 0.4) is 0 Å². The number of anilines is 1. The first-order valence-electron chi connectivity index (χ1n) is 5.78. The van der Waals surface area contributed by atoms with Gasteiger partial charge in [-0.25, -0.2) is 4.39 Å². The van der Waals surface area contributed by atoms with E-state index in [0.29, 0.717) is 37.6 Å². The fourth-order valence-corrected chi connectivity index (χ4v) is 1.43. The number of nitrogens with zero attached hydrogens (tertiary/aromatic N) is 1. The van der Waals surface area contributed by atoms with E-state index in [-0.39, 0.29) is 0 Å². The van der Waals surface area contributed by atoms with Crippen molar-refractivity contribution in [2.45, 2.75) is 6.42 Å². The van der Waals surface area contributed by atoms with E-state index in [1.807, 2.05) is 6.07 Å². The molecule has 0 aliphatic heterocycles. The average molecular weight is 252 g/mol. The third-order valence-electron chi connectivity index (χ3n) is 2.30. The van der Waals surface area contributed by atoms with Gasteiger partial charge in [-0.15, -0.1) is 0 Å². The molecular formula is C13H17FN2O2. The van der Waals surface area contributed by atoms with Crippen LogP contribution in [0.1, 0.15) is 12.0 Å². The van der Waals surface area contributed by atoms with Gasteiger partial charge >= 0.3 is 0 Å². The molecule has 0 aliphatic carbocycles. The highest BCUT2D eigenvalue weighted by Crippen LogP contribution is 2.15. The molecule has 1 rings (SSSR count). The van der Waals surface area contributed by atoms with Crippen molar-refractivity contribution in [1.82, 2.24) is 0 Å². The minimum Gasteiger partial charge on any atom is -0.385 e. The van der Waals surface area contributed by atoms with Crippen molar-refractivity contribution in [3.05, 3.63) is 29.6 Å². The molecule has 4 nitrogen and oxygen atoms in total. The first-order valence-corrected chi connectivity index (χ1v) is 5.78. The number of benzene rings is 1. The summed E-state index contributed by atoms with van der Waals surface area (Å²) in [7, 11) is 1.65. The number of nitrogens with one attached hydrogen (secondary N) is 1. The molecule has 18 heavy (non-hydrogen) atoms. The SMILES string of the molecule is COCCCOCCNc1ccc(F)cc1C#N. The predicted molar refractivity (Wildman–Crippen MR) is 66.9 cm³/mol. The molecule has 0 aromatic heterocycles. The first-order chi connectivity index (χ1) is 8.77. The smallest absolute Gasteiger partial charge is 0.124 e. The fourth-order valence-electron chi connectivity index (χ4n) is 1.43. The van der Waals surface area contributed by atoms with Gasteiger partial charge in [0.1, 0.15) is 11.9 Å². The second kappa shape index (κ2) is 8.45. The molecule has 0 saturated carbocycles. The van der Waals surface area contributed by atoms with Crippen LogP contribution in [0.2, 0.25) is 0 Å². The Kier molecular flexibility index (Phi) is 6.77. The van der Waals surface area contributed by atoms with Crippen LogP contribution in [-0.2, 0) is 9.47 Å². The zero-order valence-electron chi connectivity index (χ0n) is 10.4. The minimum absolute atomic E-state index is 0.300. The molecule has 0 fully saturated rings. The van der Waals surface area contributed by atoms with Crippen molar-refractivity contribution in [3.8, 4) is 6.07 Å². The van der Waals surface area contributed by atoms with Crippen LogP contribution in [0.25, 0.3) is 0 Å². The van der Waals surface area contributed by atoms with Crippen molar-refractivity contribution in [3.63, 3.8) is 0 Å². The van der Waals surface area contributed by atoms with E-state index >= 15 is 0 Å². The van der Waals surface area contributed by atoms with Crippen molar-refractivity contribution in [1.29, 1.82) is 5.26 Å². The lowest BCUT2D eigenvalue weighted by Gasteiger charge is -2.08. The van der Waals surface area contributed by atoms with E-state index in [4.69, 9.17) is 14.7 Å². The highest BCUT2D eigenvalue weighted by Gasteiger charge is 2.02. The molecule has 0 aliphatic rings. The largest absolute Gasteiger partial charge is 0.385 e. The molecule has 1 N–H and O–H groups in total. The lowest BCUT2D eigenvalue weighted by molar-refractivity contribution is 0.109. The summed E-state index contributed by atoms with van der Waals surface area (Å²) in [4.78, 5) is 0. The molecule has 0 heterocycles. The second-order valence-electron chi connectivity index (χ2n) is 3.69. The molecule has 5 heteroatoms. The summed E-state index contributed by atoms with van der Waals surface area (Å²) >= 11 is 0. The second-order valence-corrected chi connectivity index (χ2v) is 3.69. The van der Waals surface area contributed by atoms with Gasteiger partial charge in [0.05, 0.1) is 17.9 Å². The van der Waals surface area contributed by atoms with Crippen LogP contribution in [-0.4, -0.2) is 33.5 Å². The number of methoxy groups -OCH3 is 1. The molecule has 1 aromatic rings. The van der Waals surface area contributed by atoms with E-state index in [1.165, 1.54) is 12.1 Å². The van der Waals surface area contributed by atoms with Gasteiger partial charge in [0.15, 0.2) is 0 Å². The van der Waals surface area contributed by atoms with E-state index in [0.717, 1.165) is 6.42 Å². The average Bonchev–Trinajstić information content (AvgIpc) is 2.39. The molecule has 0 amide bonds. The molecule has 0 radical (unpaired) electrons. The number of ether oxygens (including phenoxy) is 2. The van der Waals surface area contributed by atoms with Crippen molar-refractivity contribution < 1.29 is 13.9 Å². The molecule has 1 aromatic carbocycles. The summed E-state index contributed by atoms with van der Waals surface area (Å²) in [5.74, 6) is -0.409. The van der Waals surface area contributed by atoms with E-state index in [9.17, 15) is 4.39 Å². The Morgan fingerprint density at radius 3 is 2.89 bits per heavy atom. The van der Waals surface area contributed by atoms with Crippen molar-refractivity contribution in [2.75, 3.05) is 38.8 Å². The molecule has 0 atom stereocenters. The fraction of sp³-hybridized carbons (Fsp3) is 0.462. The molecule has 0 saturated heterocycles. The Labute approximate surface area is 106 Å². The van der Waals surface area contributed by atoms with Gasteiger partial charge in [0, 0.05) is 26.9 Å². The van der Waals surface area contributed by atoms with Crippen molar-refractivity contribution in [2.24, 2.45) is 0 Å². The number of nitriles is 1. The summed E-state index contributed by atoms with van der Waals surface area (Å²) in [5, 5.41) is 11.9. The van der Waals surface area contributed by atoms with Gasteiger partial charge in [0.2, 0.25) is 0 Å². The van der Waals surface area contributed by atoms with Gasteiger partial charge in [0.25, 0.3) is 0 Å². The predicted octanol–water partition coefficient (Wildman–Crippen LogP) is 2.16. The van der Waals surface area contributed by atoms with Gasteiger partial charge in [-0.2, -0.15) is 5.26 Å². The lowest BCUT2D eigenvalue weighted by atomic mass is 10.2.